The van der Waals surface area contributed by atoms with Crippen LogP contribution in [-0.4, -0.2) is 7.05 Å². The van der Waals surface area contributed by atoms with Crippen molar-refractivity contribution in [3.05, 3.63) is 48.0 Å². The summed E-state index contributed by atoms with van der Waals surface area (Å²) in [4.78, 5) is 0. The van der Waals surface area contributed by atoms with Gasteiger partial charge in [0, 0.05) is 6.04 Å². The number of nitrogens with one attached hydrogen (secondary N) is 1. The van der Waals surface area contributed by atoms with Crippen LogP contribution in [-0.2, 0) is 0 Å². The molecule has 0 aromatic heterocycles. The monoisotopic (exact) mass is 203 g/mol. The average molecular weight is 203 g/mol. The van der Waals surface area contributed by atoms with E-state index in [0.717, 1.165) is 6.42 Å². The Labute approximate surface area is 93.2 Å². The van der Waals surface area contributed by atoms with Crippen molar-refractivity contribution in [3.63, 3.8) is 0 Å². The first-order chi connectivity index (χ1) is 7.19. The van der Waals surface area contributed by atoms with Crippen LogP contribution in [0.15, 0.2) is 36.9 Å². The average Bonchev–Trinajstić information content (AvgIpc) is 2.26. The van der Waals surface area contributed by atoms with E-state index in [0.29, 0.717) is 12.0 Å². The van der Waals surface area contributed by atoms with Crippen molar-refractivity contribution in [2.75, 3.05) is 7.05 Å². The standard InChI is InChI=1S/C14H21N/c1-5-6-14(15-4)13-9-7-12(8-10-13)11(2)3/h5,7-11,14-15H,1,6H2,2-4H3. The highest BCUT2D eigenvalue weighted by molar-refractivity contribution is 5.27. The van der Waals surface area contributed by atoms with Crippen molar-refractivity contribution in [3.8, 4) is 0 Å². The molecule has 0 heterocycles. The smallest absolute Gasteiger partial charge is 0.0352 e. The Morgan fingerprint density at radius 3 is 2.13 bits per heavy atom. The molecule has 1 heteroatoms. The molecule has 0 aliphatic heterocycles. The van der Waals surface area contributed by atoms with Gasteiger partial charge in [0.25, 0.3) is 0 Å². The predicted octanol–water partition coefficient (Wildman–Crippen LogP) is 3.65. The lowest BCUT2D eigenvalue weighted by molar-refractivity contribution is 0.603. The van der Waals surface area contributed by atoms with Gasteiger partial charge in [-0.2, -0.15) is 0 Å². The number of benzene rings is 1. The molecule has 1 unspecified atom stereocenters. The fraction of sp³-hybridized carbons (Fsp3) is 0.429. The maximum atomic E-state index is 3.78. The third kappa shape index (κ3) is 3.21. The van der Waals surface area contributed by atoms with Gasteiger partial charge in [0.05, 0.1) is 0 Å². The first kappa shape index (κ1) is 12.0. The van der Waals surface area contributed by atoms with Crippen molar-refractivity contribution in [1.82, 2.24) is 5.32 Å². The van der Waals surface area contributed by atoms with Crippen LogP contribution in [0.5, 0.6) is 0 Å². The zero-order chi connectivity index (χ0) is 11.3. The Bertz CT molecular complexity index is 298. The van der Waals surface area contributed by atoms with E-state index in [1.165, 1.54) is 11.1 Å². The molecule has 1 atom stereocenters. The molecule has 0 bridgehead atoms. The maximum Gasteiger partial charge on any atom is 0.0352 e. The van der Waals surface area contributed by atoms with E-state index in [2.05, 4.69) is 50.0 Å². The number of hydrogen-bond donors (Lipinski definition) is 1. The lowest BCUT2D eigenvalue weighted by Crippen LogP contribution is -2.15. The van der Waals surface area contributed by atoms with E-state index in [-0.39, 0.29) is 0 Å². The van der Waals surface area contributed by atoms with Crippen molar-refractivity contribution in [1.29, 1.82) is 0 Å². The molecule has 1 nitrogen and oxygen atoms in total. The molecular weight excluding hydrogens is 182 g/mol. The fourth-order valence-corrected chi connectivity index (χ4v) is 1.70. The van der Waals surface area contributed by atoms with Crippen molar-refractivity contribution < 1.29 is 0 Å². The van der Waals surface area contributed by atoms with Gasteiger partial charge < -0.3 is 5.32 Å². The largest absolute Gasteiger partial charge is 0.313 e. The Morgan fingerprint density at radius 2 is 1.73 bits per heavy atom. The van der Waals surface area contributed by atoms with Gasteiger partial charge in [-0.1, -0.05) is 44.2 Å². The Hall–Kier alpha value is -1.08. The Morgan fingerprint density at radius 1 is 1.20 bits per heavy atom. The highest BCUT2D eigenvalue weighted by Gasteiger charge is 2.07. The van der Waals surface area contributed by atoms with Gasteiger partial charge >= 0.3 is 0 Å². The molecule has 15 heavy (non-hydrogen) atoms. The van der Waals surface area contributed by atoms with Gasteiger partial charge in [0.15, 0.2) is 0 Å². The summed E-state index contributed by atoms with van der Waals surface area (Å²) >= 11 is 0. The minimum Gasteiger partial charge on any atom is -0.313 e. The third-order valence-electron chi connectivity index (χ3n) is 2.76. The van der Waals surface area contributed by atoms with E-state index in [9.17, 15) is 0 Å². The summed E-state index contributed by atoms with van der Waals surface area (Å²) in [6.07, 6.45) is 2.93. The minimum absolute atomic E-state index is 0.392. The summed E-state index contributed by atoms with van der Waals surface area (Å²) in [5, 5.41) is 3.30. The molecule has 1 aromatic rings. The summed E-state index contributed by atoms with van der Waals surface area (Å²) in [5.74, 6) is 0.603. The van der Waals surface area contributed by atoms with E-state index < -0.39 is 0 Å². The first-order valence-corrected chi connectivity index (χ1v) is 5.57. The van der Waals surface area contributed by atoms with Crippen LogP contribution in [0.1, 0.15) is 43.4 Å². The van der Waals surface area contributed by atoms with E-state index in [1.807, 2.05) is 13.1 Å². The van der Waals surface area contributed by atoms with E-state index in [4.69, 9.17) is 0 Å². The molecule has 1 rings (SSSR count). The van der Waals surface area contributed by atoms with Crippen molar-refractivity contribution in [2.24, 2.45) is 0 Å². The topological polar surface area (TPSA) is 12.0 Å². The van der Waals surface area contributed by atoms with Gasteiger partial charge in [-0.05, 0) is 30.5 Å². The normalized spacial score (nSPS) is 12.8. The summed E-state index contributed by atoms with van der Waals surface area (Å²) in [7, 11) is 1.99. The second-order valence-corrected chi connectivity index (χ2v) is 4.19. The first-order valence-electron chi connectivity index (χ1n) is 5.57. The highest BCUT2D eigenvalue weighted by atomic mass is 14.9. The molecule has 0 spiro atoms. The SMILES string of the molecule is C=CCC(NC)c1ccc(C(C)C)cc1. The highest BCUT2D eigenvalue weighted by Crippen LogP contribution is 2.20. The molecule has 0 radical (unpaired) electrons. The van der Waals surface area contributed by atoms with Crippen LogP contribution >= 0.6 is 0 Å². The number of hydrogen-bond acceptors (Lipinski definition) is 1. The molecule has 0 fully saturated rings. The van der Waals surface area contributed by atoms with Gasteiger partial charge in [-0.15, -0.1) is 6.58 Å². The Balaban J connectivity index is 2.81. The molecule has 1 N–H and O–H groups in total. The summed E-state index contributed by atoms with van der Waals surface area (Å²) < 4.78 is 0. The fourth-order valence-electron chi connectivity index (χ4n) is 1.70. The van der Waals surface area contributed by atoms with Gasteiger partial charge in [-0.25, -0.2) is 0 Å². The molecular formula is C14H21N. The van der Waals surface area contributed by atoms with Crippen LogP contribution in [0.4, 0.5) is 0 Å². The van der Waals surface area contributed by atoms with Crippen LogP contribution in [0.25, 0.3) is 0 Å². The van der Waals surface area contributed by atoms with Gasteiger partial charge in [0.2, 0.25) is 0 Å². The molecule has 0 aliphatic rings. The third-order valence-corrected chi connectivity index (χ3v) is 2.76. The molecule has 82 valence electrons. The van der Waals surface area contributed by atoms with Crippen LogP contribution in [0, 0.1) is 0 Å². The van der Waals surface area contributed by atoms with Gasteiger partial charge in [-0.3, -0.25) is 0 Å². The predicted molar refractivity (Wildman–Crippen MR) is 67.1 cm³/mol. The van der Waals surface area contributed by atoms with E-state index >= 15 is 0 Å². The van der Waals surface area contributed by atoms with Crippen molar-refractivity contribution in [2.45, 2.75) is 32.2 Å². The molecule has 0 saturated heterocycles. The molecule has 0 saturated carbocycles. The zero-order valence-corrected chi connectivity index (χ0v) is 9.96. The molecule has 0 aliphatic carbocycles. The summed E-state index contributed by atoms with van der Waals surface area (Å²) in [5.41, 5.74) is 2.73. The lowest BCUT2D eigenvalue weighted by Gasteiger charge is -2.15. The van der Waals surface area contributed by atoms with Crippen LogP contribution in [0.3, 0.4) is 0 Å². The summed E-state index contributed by atoms with van der Waals surface area (Å²) in [6.45, 7) is 8.21. The van der Waals surface area contributed by atoms with Crippen LogP contribution in [0.2, 0.25) is 0 Å². The van der Waals surface area contributed by atoms with Gasteiger partial charge in [0.1, 0.15) is 0 Å². The van der Waals surface area contributed by atoms with Crippen molar-refractivity contribution >= 4 is 0 Å². The maximum absolute atomic E-state index is 3.78. The minimum atomic E-state index is 0.392. The van der Waals surface area contributed by atoms with E-state index in [1.54, 1.807) is 0 Å². The zero-order valence-electron chi connectivity index (χ0n) is 9.96. The number of rotatable bonds is 5. The Kier molecular flexibility index (Phi) is 4.57. The second-order valence-electron chi connectivity index (χ2n) is 4.19. The molecule has 0 amide bonds. The quantitative estimate of drug-likeness (QED) is 0.720. The van der Waals surface area contributed by atoms with Crippen LogP contribution < -0.4 is 5.32 Å². The summed E-state index contributed by atoms with van der Waals surface area (Å²) in [6, 6.07) is 9.24. The second kappa shape index (κ2) is 5.72. The lowest BCUT2D eigenvalue weighted by atomic mass is 9.98. The molecule has 1 aromatic carbocycles.